The van der Waals surface area contributed by atoms with Crippen molar-refractivity contribution >= 4 is 17.4 Å². The average molecular weight is 402 g/mol. The summed E-state index contributed by atoms with van der Waals surface area (Å²) in [6.07, 6.45) is 0.466. The average Bonchev–Trinajstić information content (AvgIpc) is 2.75. The van der Waals surface area contributed by atoms with Gasteiger partial charge in [0, 0.05) is 25.2 Å². The van der Waals surface area contributed by atoms with Gasteiger partial charge in [-0.05, 0) is 35.7 Å². The van der Waals surface area contributed by atoms with E-state index in [1.807, 2.05) is 12.1 Å². The minimum Gasteiger partial charge on any atom is -0.465 e. The summed E-state index contributed by atoms with van der Waals surface area (Å²) in [4.78, 5) is 24.8. The fourth-order valence-corrected chi connectivity index (χ4v) is 3.26. The van der Waals surface area contributed by atoms with Crippen LogP contribution in [-0.4, -0.2) is 18.4 Å². The van der Waals surface area contributed by atoms with E-state index in [4.69, 9.17) is 4.74 Å². The number of ketones is 1. The van der Waals surface area contributed by atoms with E-state index in [1.54, 1.807) is 0 Å². The zero-order chi connectivity index (χ0) is 21.2. The minimum absolute atomic E-state index is 0.160. The lowest BCUT2D eigenvalue weighted by Crippen LogP contribution is -2.22. The third-order valence-electron chi connectivity index (χ3n) is 4.78. The van der Waals surface area contributed by atoms with E-state index in [0.717, 1.165) is 24.3 Å². The fraction of sp³-hybridized carbons (Fsp3) is 0.231. The van der Waals surface area contributed by atoms with E-state index >= 15 is 0 Å². The molecule has 0 aliphatic rings. The molecule has 0 aliphatic heterocycles. The van der Waals surface area contributed by atoms with E-state index in [-0.39, 0.29) is 18.8 Å². The standard InChI is InChI=1S/C26H27NO3/c1-21(28)18-26(29)30-17-16-22-12-14-25(15-13-22)27(19-23-8-4-2-5-9-23)20-24-10-6-3-7-11-24/h2-15H,16-20H2,1H3. The van der Waals surface area contributed by atoms with Crippen molar-refractivity contribution in [2.45, 2.75) is 32.9 Å². The van der Waals surface area contributed by atoms with Gasteiger partial charge in [-0.3, -0.25) is 9.59 Å². The summed E-state index contributed by atoms with van der Waals surface area (Å²) in [5, 5.41) is 0. The van der Waals surface area contributed by atoms with Crippen LogP contribution in [0.5, 0.6) is 0 Å². The van der Waals surface area contributed by atoms with Gasteiger partial charge in [0.2, 0.25) is 0 Å². The van der Waals surface area contributed by atoms with Crippen molar-refractivity contribution in [2.75, 3.05) is 11.5 Å². The Hall–Kier alpha value is -3.40. The molecule has 3 aromatic carbocycles. The summed E-state index contributed by atoms with van der Waals surface area (Å²) in [5.74, 6) is -0.641. The second kappa shape index (κ2) is 11.0. The summed E-state index contributed by atoms with van der Waals surface area (Å²) in [6.45, 7) is 3.30. The molecule has 0 aromatic heterocycles. The first kappa shape index (κ1) is 21.3. The number of benzene rings is 3. The fourth-order valence-electron chi connectivity index (χ4n) is 3.26. The number of ether oxygens (including phenoxy) is 1. The van der Waals surface area contributed by atoms with Gasteiger partial charge in [0.25, 0.3) is 0 Å². The number of hydrogen-bond donors (Lipinski definition) is 0. The highest BCUT2D eigenvalue weighted by atomic mass is 16.5. The maximum atomic E-state index is 11.5. The molecule has 154 valence electrons. The Bertz CT molecular complexity index is 896. The van der Waals surface area contributed by atoms with Gasteiger partial charge in [0.1, 0.15) is 12.2 Å². The molecule has 0 amide bonds. The summed E-state index contributed by atoms with van der Waals surface area (Å²) in [6, 6.07) is 29.2. The molecule has 0 radical (unpaired) electrons. The van der Waals surface area contributed by atoms with Gasteiger partial charge in [-0.2, -0.15) is 0 Å². The largest absolute Gasteiger partial charge is 0.465 e. The molecule has 0 bridgehead atoms. The molecule has 0 saturated carbocycles. The first-order chi connectivity index (χ1) is 14.6. The Morgan fingerprint density at radius 1 is 0.733 bits per heavy atom. The van der Waals surface area contributed by atoms with Crippen molar-refractivity contribution in [3.63, 3.8) is 0 Å². The van der Waals surface area contributed by atoms with E-state index < -0.39 is 5.97 Å². The van der Waals surface area contributed by atoms with E-state index in [1.165, 1.54) is 18.1 Å². The van der Waals surface area contributed by atoms with Crippen molar-refractivity contribution < 1.29 is 14.3 Å². The molecule has 30 heavy (non-hydrogen) atoms. The van der Waals surface area contributed by atoms with Crippen molar-refractivity contribution in [1.29, 1.82) is 0 Å². The third kappa shape index (κ3) is 6.89. The lowest BCUT2D eigenvalue weighted by atomic mass is 10.1. The molecule has 0 spiro atoms. The van der Waals surface area contributed by atoms with Crippen LogP contribution in [0.25, 0.3) is 0 Å². The number of carbonyl (C=O) groups is 2. The van der Waals surface area contributed by atoms with Gasteiger partial charge in [0.15, 0.2) is 0 Å². The van der Waals surface area contributed by atoms with Crippen LogP contribution in [0.4, 0.5) is 5.69 Å². The molecule has 0 saturated heterocycles. The number of rotatable bonds is 10. The van der Waals surface area contributed by atoms with Gasteiger partial charge in [-0.1, -0.05) is 72.8 Å². The topological polar surface area (TPSA) is 46.6 Å². The van der Waals surface area contributed by atoms with Gasteiger partial charge < -0.3 is 9.64 Å². The number of esters is 1. The maximum absolute atomic E-state index is 11.5. The van der Waals surface area contributed by atoms with Crippen LogP contribution in [0.15, 0.2) is 84.9 Å². The van der Waals surface area contributed by atoms with Crippen LogP contribution < -0.4 is 4.90 Å². The van der Waals surface area contributed by atoms with Crippen LogP contribution in [0.1, 0.15) is 30.0 Å². The zero-order valence-electron chi connectivity index (χ0n) is 17.3. The first-order valence-corrected chi connectivity index (χ1v) is 10.2. The first-order valence-electron chi connectivity index (χ1n) is 10.2. The molecule has 0 unspecified atom stereocenters. The van der Waals surface area contributed by atoms with Gasteiger partial charge in [0.05, 0.1) is 6.61 Å². The van der Waals surface area contributed by atoms with E-state index in [2.05, 4.69) is 77.7 Å². The maximum Gasteiger partial charge on any atom is 0.313 e. The lowest BCUT2D eigenvalue weighted by Gasteiger charge is -2.25. The van der Waals surface area contributed by atoms with Crippen molar-refractivity contribution in [3.05, 3.63) is 102 Å². The van der Waals surface area contributed by atoms with Gasteiger partial charge in [-0.25, -0.2) is 0 Å². The second-order valence-electron chi connectivity index (χ2n) is 7.34. The van der Waals surface area contributed by atoms with E-state index in [9.17, 15) is 9.59 Å². The van der Waals surface area contributed by atoms with Crippen LogP contribution >= 0.6 is 0 Å². The van der Waals surface area contributed by atoms with Crippen molar-refractivity contribution in [2.24, 2.45) is 0 Å². The Labute approximate surface area is 178 Å². The minimum atomic E-state index is -0.462. The number of hydrogen-bond acceptors (Lipinski definition) is 4. The molecule has 0 fully saturated rings. The summed E-state index contributed by atoms with van der Waals surface area (Å²) >= 11 is 0. The van der Waals surface area contributed by atoms with Crippen molar-refractivity contribution in [1.82, 2.24) is 0 Å². The van der Waals surface area contributed by atoms with E-state index in [0.29, 0.717) is 6.42 Å². The predicted molar refractivity (Wildman–Crippen MR) is 119 cm³/mol. The smallest absolute Gasteiger partial charge is 0.313 e. The summed E-state index contributed by atoms with van der Waals surface area (Å²) < 4.78 is 5.12. The zero-order valence-corrected chi connectivity index (χ0v) is 17.3. The summed E-state index contributed by atoms with van der Waals surface area (Å²) in [7, 11) is 0. The Kier molecular flexibility index (Phi) is 7.78. The number of anilines is 1. The lowest BCUT2D eigenvalue weighted by molar-refractivity contribution is -0.145. The van der Waals surface area contributed by atoms with Crippen LogP contribution in [0.2, 0.25) is 0 Å². The number of Topliss-reactive ketones (excluding diaryl/α,β-unsaturated/α-hetero) is 1. The molecule has 4 heteroatoms. The highest BCUT2D eigenvalue weighted by molar-refractivity contribution is 5.94. The van der Waals surface area contributed by atoms with Gasteiger partial charge >= 0.3 is 5.97 Å². The Balaban J connectivity index is 1.65. The van der Waals surface area contributed by atoms with Gasteiger partial charge in [-0.15, -0.1) is 0 Å². The number of nitrogens with zero attached hydrogens (tertiary/aromatic N) is 1. The molecule has 4 nitrogen and oxygen atoms in total. The highest BCUT2D eigenvalue weighted by Gasteiger charge is 2.10. The molecular weight excluding hydrogens is 374 g/mol. The molecule has 0 atom stereocenters. The molecule has 0 N–H and O–H groups in total. The third-order valence-corrected chi connectivity index (χ3v) is 4.78. The number of carbonyl (C=O) groups excluding carboxylic acids is 2. The second-order valence-corrected chi connectivity index (χ2v) is 7.34. The summed E-state index contributed by atoms with van der Waals surface area (Å²) in [5.41, 5.74) is 4.75. The quantitative estimate of drug-likeness (QED) is 0.356. The molecular formula is C26H27NO3. The Morgan fingerprint density at radius 3 is 1.77 bits per heavy atom. The molecule has 0 heterocycles. The van der Waals surface area contributed by atoms with Crippen LogP contribution in [0.3, 0.4) is 0 Å². The molecule has 0 aliphatic carbocycles. The van der Waals surface area contributed by atoms with Crippen LogP contribution in [-0.2, 0) is 33.8 Å². The van der Waals surface area contributed by atoms with Crippen molar-refractivity contribution in [3.8, 4) is 0 Å². The molecule has 3 aromatic rings. The Morgan fingerprint density at radius 2 is 1.27 bits per heavy atom. The normalized spacial score (nSPS) is 10.4. The monoisotopic (exact) mass is 401 g/mol. The highest BCUT2D eigenvalue weighted by Crippen LogP contribution is 2.21. The predicted octanol–water partition coefficient (Wildman–Crippen LogP) is 4.96. The van der Waals surface area contributed by atoms with Crippen LogP contribution in [0, 0.1) is 0 Å². The molecule has 3 rings (SSSR count). The SMILES string of the molecule is CC(=O)CC(=O)OCCc1ccc(N(Cc2ccccc2)Cc2ccccc2)cc1.